The minimum Gasteiger partial charge on any atom is -0.357 e. The smallest absolute Gasteiger partial charge is 0.226 e. The lowest BCUT2D eigenvalue weighted by atomic mass is 10.2. The monoisotopic (exact) mass is 365 g/mol. The third-order valence-corrected chi connectivity index (χ3v) is 3.62. The number of nitrogens with one attached hydrogen (secondary N) is 2. The minimum absolute atomic E-state index is 0.0559. The first-order valence-electron chi connectivity index (χ1n) is 8.78. The van der Waals surface area contributed by atoms with Crippen LogP contribution in [0.3, 0.4) is 0 Å². The Hall–Kier alpha value is -2.51. The highest BCUT2D eigenvalue weighted by Gasteiger charge is 2.09. The number of aryl methyl sites for hydroxylation is 1. The lowest BCUT2D eigenvalue weighted by Gasteiger charge is -2.11. The zero-order valence-electron chi connectivity index (χ0n) is 15.4. The third-order valence-electron chi connectivity index (χ3n) is 3.62. The van der Waals surface area contributed by atoms with Crippen molar-refractivity contribution in [2.24, 2.45) is 4.99 Å². The van der Waals surface area contributed by atoms with Crippen LogP contribution in [-0.4, -0.2) is 29.2 Å². The molecule has 8 heteroatoms. The van der Waals surface area contributed by atoms with E-state index < -0.39 is 11.6 Å². The number of hydrogen-bond acceptors (Lipinski definition) is 4. The maximum Gasteiger partial charge on any atom is 0.226 e. The summed E-state index contributed by atoms with van der Waals surface area (Å²) >= 11 is 0. The highest BCUT2D eigenvalue weighted by Crippen LogP contribution is 2.11. The lowest BCUT2D eigenvalue weighted by Crippen LogP contribution is -2.37. The van der Waals surface area contributed by atoms with Crippen LogP contribution in [0, 0.1) is 11.6 Å². The Morgan fingerprint density at radius 2 is 2.08 bits per heavy atom. The Morgan fingerprint density at radius 1 is 1.27 bits per heavy atom. The number of halogens is 2. The number of aliphatic imine (C=N–C) groups is 1. The van der Waals surface area contributed by atoms with Gasteiger partial charge >= 0.3 is 0 Å². The largest absolute Gasteiger partial charge is 0.357 e. The average Bonchev–Trinajstić information content (AvgIpc) is 3.08. The van der Waals surface area contributed by atoms with Crippen molar-refractivity contribution in [1.29, 1.82) is 0 Å². The Kier molecular flexibility index (Phi) is 7.50. The summed E-state index contributed by atoms with van der Waals surface area (Å²) in [6.45, 7) is 7.31. The van der Waals surface area contributed by atoms with Crippen LogP contribution in [0.15, 0.2) is 27.7 Å². The number of hydrogen-bond donors (Lipinski definition) is 2. The molecule has 0 fully saturated rings. The van der Waals surface area contributed by atoms with Gasteiger partial charge in [0.25, 0.3) is 0 Å². The zero-order chi connectivity index (χ0) is 18.9. The van der Waals surface area contributed by atoms with Crippen LogP contribution in [0.25, 0.3) is 0 Å². The van der Waals surface area contributed by atoms with Crippen LogP contribution >= 0.6 is 0 Å². The second kappa shape index (κ2) is 9.84. The summed E-state index contributed by atoms with van der Waals surface area (Å²) in [4.78, 5) is 8.62. The topological polar surface area (TPSA) is 75.3 Å². The van der Waals surface area contributed by atoms with Crippen molar-refractivity contribution in [2.75, 3.05) is 13.1 Å². The molecule has 26 heavy (non-hydrogen) atoms. The predicted molar refractivity (Wildman–Crippen MR) is 95.9 cm³/mol. The summed E-state index contributed by atoms with van der Waals surface area (Å²) in [6, 6.07) is 3.36. The van der Waals surface area contributed by atoms with E-state index in [1.807, 2.05) is 20.8 Å². The van der Waals surface area contributed by atoms with Gasteiger partial charge in [-0.05, 0) is 31.5 Å². The van der Waals surface area contributed by atoms with Gasteiger partial charge in [-0.1, -0.05) is 19.0 Å². The van der Waals surface area contributed by atoms with Crippen LogP contribution in [0.5, 0.6) is 0 Å². The van der Waals surface area contributed by atoms with Crippen LogP contribution in [0.1, 0.15) is 50.4 Å². The second-order valence-corrected chi connectivity index (χ2v) is 6.16. The van der Waals surface area contributed by atoms with E-state index in [2.05, 4.69) is 25.8 Å². The third kappa shape index (κ3) is 6.09. The fourth-order valence-electron chi connectivity index (χ4n) is 2.22. The van der Waals surface area contributed by atoms with Crippen LogP contribution in [-0.2, 0) is 13.0 Å². The molecule has 0 amide bonds. The minimum atomic E-state index is -0.477. The summed E-state index contributed by atoms with van der Waals surface area (Å²) in [5.41, 5.74) is 0.217. The van der Waals surface area contributed by atoms with Gasteiger partial charge in [-0.15, -0.1) is 0 Å². The summed E-state index contributed by atoms with van der Waals surface area (Å²) in [7, 11) is 0. The van der Waals surface area contributed by atoms with Gasteiger partial charge in [0.2, 0.25) is 5.89 Å². The number of benzene rings is 1. The zero-order valence-corrected chi connectivity index (χ0v) is 15.4. The molecule has 0 radical (unpaired) electrons. The van der Waals surface area contributed by atoms with E-state index >= 15 is 0 Å². The Labute approximate surface area is 152 Å². The Bertz CT molecular complexity index is 730. The summed E-state index contributed by atoms with van der Waals surface area (Å²) in [5.74, 6) is 1.16. The Balaban J connectivity index is 1.84. The lowest BCUT2D eigenvalue weighted by molar-refractivity contribution is 0.368. The molecule has 0 spiro atoms. The molecule has 0 aliphatic heterocycles. The van der Waals surface area contributed by atoms with Crippen molar-refractivity contribution < 1.29 is 13.3 Å². The molecule has 0 unspecified atom stereocenters. The summed E-state index contributed by atoms with van der Waals surface area (Å²) in [6.07, 6.45) is 1.43. The van der Waals surface area contributed by atoms with Gasteiger partial charge in [0.05, 0.1) is 6.54 Å². The molecule has 0 bridgehead atoms. The van der Waals surface area contributed by atoms with E-state index in [9.17, 15) is 8.78 Å². The van der Waals surface area contributed by atoms with Crippen molar-refractivity contribution in [1.82, 2.24) is 20.8 Å². The molecule has 1 aromatic carbocycles. The SMILES string of the molecule is CCNC(=NCc1cc(F)ccc1F)NCCCc1nc(C(C)C)no1. The highest BCUT2D eigenvalue weighted by molar-refractivity contribution is 5.79. The molecule has 2 rings (SSSR count). The molecular weight excluding hydrogens is 340 g/mol. The summed E-state index contributed by atoms with van der Waals surface area (Å²) < 4.78 is 32.1. The highest BCUT2D eigenvalue weighted by atomic mass is 19.1. The quantitative estimate of drug-likeness (QED) is 0.427. The van der Waals surface area contributed by atoms with Gasteiger partial charge in [0, 0.05) is 31.0 Å². The van der Waals surface area contributed by atoms with Crippen LogP contribution < -0.4 is 10.6 Å². The average molecular weight is 365 g/mol. The van der Waals surface area contributed by atoms with E-state index in [0.29, 0.717) is 37.2 Å². The van der Waals surface area contributed by atoms with Gasteiger partial charge in [-0.2, -0.15) is 4.98 Å². The molecule has 6 nitrogen and oxygen atoms in total. The molecule has 1 aromatic heterocycles. The van der Waals surface area contributed by atoms with Crippen molar-refractivity contribution in [3.05, 3.63) is 47.1 Å². The molecule has 0 atom stereocenters. The number of guanidine groups is 1. The normalized spacial score (nSPS) is 11.8. The standard InChI is InChI=1S/C18H25F2N5O/c1-4-21-18(23-11-13-10-14(19)7-8-15(13)20)22-9-5-6-16-24-17(12(2)3)25-26-16/h7-8,10,12H,4-6,9,11H2,1-3H3,(H2,21,22,23). The predicted octanol–water partition coefficient (Wildman–Crippen LogP) is 3.16. The molecule has 0 saturated carbocycles. The van der Waals surface area contributed by atoms with E-state index in [1.165, 1.54) is 0 Å². The maximum atomic E-state index is 13.7. The fourth-order valence-corrected chi connectivity index (χ4v) is 2.22. The second-order valence-electron chi connectivity index (χ2n) is 6.16. The first kappa shape index (κ1) is 19.8. The van der Waals surface area contributed by atoms with E-state index in [-0.39, 0.29) is 18.0 Å². The number of aromatic nitrogens is 2. The molecule has 2 aromatic rings. The molecule has 0 aliphatic rings. The van der Waals surface area contributed by atoms with Gasteiger partial charge in [0.1, 0.15) is 11.6 Å². The first-order valence-corrected chi connectivity index (χ1v) is 8.78. The molecular formula is C18H25F2N5O. The number of rotatable bonds is 8. The first-order chi connectivity index (χ1) is 12.5. The van der Waals surface area contributed by atoms with Gasteiger partial charge in [-0.3, -0.25) is 0 Å². The van der Waals surface area contributed by atoms with Gasteiger partial charge in [-0.25, -0.2) is 13.8 Å². The van der Waals surface area contributed by atoms with Crippen molar-refractivity contribution in [3.8, 4) is 0 Å². The van der Waals surface area contributed by atoms with Crippen molar-refractivity contribution in [3.63, 3.8) is 0 Å². The molecule has 2 N–H and O–H groups in total. The maximum absolute atomic E-state index is 13.7. The van der Waals surface area contributed by atoms with Gasteiger partial charge in [0.15, 0.2) is 11.8 Å². The van der Waals surface area contributed by atoms with E-state index in [0.717, 1.165) is 24.6 Å². The summed E-state index contributed by atoms with van der Waals surface area (Å²) in [5, 5.41) is 10.2. The molecule has 142 valence electrons. The molecule has 0 saturated heterocycles. The Morgan fingerprint density at radius 3 is 2.77 bits per heavy atom. The number of nitrogens with zero attached hydrogens (tertiary/aromatic N) is 3. The van der Waals surface area contributed by atoms with Crippen LogP contribution in [0.2, 0.25) is 0 Å². The van der Waals surface area contributed by atoms with Crippen molar-refractivity contribution in [2.45, 2.75) is 46.1 Å². The van der Waals surface area contributed by atoms with E-state index in [1.54, 1.807) is 0 Å². The van der Waals surface area contributed by atoms with Crippen molar-refractivity contribution >= 4 is 5.96 Å². The molecule has 0 aliphatic carbocycles. The fraction of sp³-hybridized carbons (Fsp3) is 0.500. The van der Waals surface area contributed by atoms with Crippen LogP contribution in [0.4, 0.5) is 8.78 Å². The molecule has 1 heterocycles. The van der Waals surface area contributed by atoms with E-state index in [4.69, 9.17) is 4.52 Å². The van der Waals surface area contributed by atoms with Gasteiger partial charge < -0.3 is 15.2 Å².